The molecular formula is C19H21FN2O3. The average Bonchev–Trinajstić information content (AvgIpc) is 2.64. The van der Waals surface area contributed by atoms with Gasteiger partial charge in [-0.2, -0.15) is 0 Å². The summed E-state index contributed by atoms with van der Waals surface area (Å²) in [6.07, 6.45) is 3.25. The van der Waals surface area contributed by atoms with Gasteiger partial charge < -0.3 is 15.0 Å². The molecule has 1 aromatic heterocycles. The summed E-state index contributed by atoms with van der Waals surface area (Å²) in [6.45, 7) is 0.823. The number of hydrogen-bond acceptors (Lipinski definition) is 3. The molecule has 1 aliphatic heterocycles. The van der Waals surface area contributed by atoms with Crippen molar-refractivity contribution in [3.05, 3.63) is 69.9 Å². The smallest absolute Gasteiger partial charge is 0.255 e. The van der Waals surface area contributed by atoms with E-state index in [9.17, 15) is 19.1 Å². The number of H-pyrrole nitrogens is 1. The Labute approximate surface area is 145 Å². The molecule has 132 valence electrons. The number of carbonyl (C=O) groups is 1. The first-order valence-corrected chi connectivity index (χ1v) is 8.35. The van der Waals surface area contributed by atoms with Crippen molar-refractivity contribution in [1.29, 1.82) is 0 Å². The predicted molar refractivity (Wildman–Crippen MR) is 91.8 cm³/mol. The van der Waals surface area contributed by atoms with Crippen molar-refractivity contribution in [3.8, 4) is 0 Å². The number of piperidine rings is 1. The largest absolute Gasteiger partial charge is 0.396 e. The lowest BCUT2D eigenvalue weighted by Crippen LogP contribution is -2.49. The van der Waals surface area contributed by atoms with Crippen LogP contribution < -0.4 is 5.56 Å². The lowest BCUT2D eigenvalue weighted by molar-refractivity contribution is 0.0268. The Hall–Kier alpha value is -2.47. The highest BCUT2D eigenvalue weighted by molar-refractivity contribution is 5.94. The predicted octanol–water partition coefficient (Wildman–Crippen LogP) is 1.97. The van der Waals surface area contributed by atoms with Gasteiger partial charge in [-0.15, -0.1) is 0 Å². The molecule has 0 bridgehead atoms. The number of amides is 1. The topological polar surface area (TPSA) is 73.4 Å². The van der Waals surface area contributed by atoms with Gasteiger partial charge in [0.25, 0.3) is 5.91 Å². The fourth-order valence-electron chi connectivity index (χ4n) is 3.48. The van der Waals surface area contributed by atoms with Gasteiger partial charge in [0, 0.05) is 30.8 Å². The van der Waals surface area contributed by atoms with Gasteiger partial charge in [-0.3, -0.25) is 9.59 Å². The molecular weight excluding hydrogens is 323 g/mol. The standard InChI is InChI=1S/C19H21FN2O3/c20-16-5-2-1-4-14(16)10-19(13-23)8-3-9-22(12-19)18(25)15-6-7-17(24)21-11-15/h1-2,4-7,11,23H,3,8-10,12-13H2,(H,21,24). The number of pyridine rings is 1. The van der Waals surface area contributed by atoms with Crippen molar-refractivity contribution in [2.75, 3.05) is 19.7 Å². The monoisotopic (exact) mass is 344 g/mol. The summed E-state index contributed by atoms with van der Waals surface area (Å²) in [5.74, 6) is -0.485. The minimum atomic E-state index is -0.557. The molecule has 1 atom stereocenters. The van der Waals surface area contributed by atoms with Gasteiger partial charge in [0.15, 0.2) is 0 Å². The molecule has 0 aliphatic carbocycles. The second kappa shape index (κ2) is 7.19. The fraction of sp³-hybridized carbons (Fsp3) is 0.368. The summed E-state index contributed by atoms with van der Waals surface area (Å²) in [6, 6.07) is 9.35. The zero-order chi connectivity index (χ0) is 17.9. The molecule has 2 N–H and O–H groups in total. The number of hydrogen-bond donors (Lipinski definition) is 2. The Bertz CT molecular complexity index is 800. The molecule has 0 spiro atoms. The first-order valence-electron chi connectivity index (χ1n) is 8.35. The Kier molecular flexibility index (Phi) is 4.99. The number of nitrogens with zero attached hydrogens (tertiary/aromatic N) is 1. The molecule has 1 aromatic carbocycles. The second-order valence-electron chi connectivity index (χ2n) is 6.70. The minimum absolute atomic E-state index is 0.114. The number of rotatable bonds is 4. The van der Waals surface area contributed by atoms with Gasteiger partial charge in [-0.25, -0.2) is 4.39 Å². The molecule has 2 heterocycles. The van der Waals surface area contributed by atoms with Gasteiger partial charge >= 0.3 is 0 Å². The summed E-state index contributed by atoms with van der Waals surface area (Å²) in [5.41, 5.74) is 0.131. The van der Waals surface area contributed by atoms with Crippen LogP contribution in [-0.4, -0.2) is 40.6 Å². The highest BCUT2D eigenvalue weighted by Crippen LogP contribution is 2.34. The van der Waals surface area contributed by atoms with Crippen LogP contribution in [0.1, 0.15) is 28.8 Å². The van der Waals surface area contributed by atoms with Crippen LogP contribution in [0.2, 0.25) is 0 Å². The van der Waals surface area contributed by atoms with Crippen LogP contribution in [0.4, 0.5) is 4.39 Å². The van der Waals surface area contributed by atoms with Crippen molar-refractivity contribution in [2.45, 2.75) is 19.3 Å². The van der Waals surface area contributed by atoms with Crippen molar-refractivity contribution < 1.29 is 14.3 Å². The average molecular weight is 344 g/mol. The molecule has 2 aromatic rings. The second-order valence-corrected chi connectivity index (χ2v) is 6.70. The number of aliphatic hydroxyl groups is 1. The maximum Gasteiger partial charge on any atom is 0.255 e. The zero-order valence-corrected chi connectivity index (χ0v) is 13.9. The molecule has 5 nitrogen and oxygen atoms in total. The van der Waals surface area contributed by atoms with Gasteiger partial charge in [-0.05, 0) is 37.0 Å². The lowest BCUT2D eigenvalue weighted by Gasteiger charge is -2.42. The molecule has 1 amide bonds. The summed E-state index contributed by atoms with van der Waals surface area (Å²) in [5, 5.41) is 9.99. The Morgan fingerprint density at radius 1 is 1.28 bits per heavy atom. The van der Waals surface area contributed by atoms with Crippen LogP contribution >= 0.6 is 0 Å². The first kappa shape index (κ1) is 17.4. The number of likely N-dealkylation sites (tertiary alicyclic amines) is 1. The van der Waals surface area contributed by atoms with E-state index in [1.807, 2.05) is 0 Å². The molecule has 0 saturated carbocycles. The lowest BCUT2D eigenvalue weighted by atomic mass is 9.75. The number of aromatic amines is 1. The SMILES string of the molecule is O=C(c1ccc(=O)[nH]c1)N1CCCC(CO)(Cc2ccccc2F)C1. The van der Waals surface area contributed by atoms with E-state index in [0.717, 1.165) is 12.8 Å². The summed E-state index contributed by atoms with van der Waals surface area (Å²) in [7, 11) is 0. The molecule has 0 radical (unpaired) electrons. The molecule has 1 saturated heterocycles. The fourth-order valence-corrected chi connectivity index (χ4v) is 3.48. The van der Waals surface area contributed by atoms with Crippen LogP contribution in [0, 0.1) is 11.2 Å². The number of aromatic nitrogens is 1. The van der Waals surface area contributed by atoms with Crippen LogP contribution in [0.5, 0.6) is 0 Å². The molecule has 3 rings (SSSR count). The van der Waals surface area contributed by atoms with E-state index in [4.69, 9.17) is 0 Å². The minimum Gasteiger partial charge on any atom is -0.396 e. The maximum atomic E-state index is 14.0. The van der Waals surface area contributed by atoms with Crippen LogP contribution in [0.3, 0.4) is 0 Å². The van der Waals surface area contributed by atoms with Crippen molar-refractivity contribution in [2.24, 2.45) is 5.41 Å². The zero-order valence-electron chi connectivity index (χ0n) is 13.9. The Morgan fingerprint density at radius 3 is 2.76 bits per heavy atom. The van der Waals surface area contributed by atoms with E-state index in [1.165, 1.54) is 24.4 Å². The number of benzene rings is 1. The molecule has 6 heteroatoms. The number of aliphatic hydroxyl groups excluding tert-OH is 1. The van der Waals surface area contributed by atoms with Crippen molar-refractivity contribution >= 4 is 5.91 Å². The van der Waals surface area contributed by atoms with Crippen molar-refractivity contribution in [3.63, 3.8) is 0 Å². The van der Waals surface area contributed by atoms with Gasteiger partial charge in [-0.1, -0.05) is 18.2 Å². The van der Waals surface area contributed by atoms with Crippen LogP contribution in [0.15, 0.2) is 47.4 Å². The van der Waals surface area contributed by atoms with Gasteiger partial charge in [0.1, 0.15) is 5.82 Å². The number of nitrogens with one attached hydrogen (secondary N) is 1. The van der Waals surface area contributed by atoms with E-state index >= 15 is 0 Å². The third kappa shape index (κ3) is 3.79. The maximum absolute atomic E-state index is 14.0. The van der Waals surface area contributed by atoms with Crippen molar-refractivity contribution in [1.82, 2.24) is 9.88 Å². The highest BCUT2D eigenvalue weighted by Gasteiger charge is 2.37. The summed E-state index contributed by atoms with van der Waals surface area (Å²) in [4.78, 5) is 28.0. The van der Waals surface area contributed by atoms with Crippen LogP contribution in [0.25, 0.3) is 0 Å². The van der Waals surface area contributed by atoms with Crippen LogP contribution in [-0.2, 0) is 6.42 Å². The van der Waals surface area contributed by atoms with E-state index < -0.39 is 5.41 Å². The van der Waals surface area contributed by atoms with Gasteiger partial charge in [0.2, 0.25) is 5.56 Å². The van der Waals surface area contributed by atoms with E-state index in [-0.39, 0.29) is 23.9 Å². The van der Waals surface area contributed by atoms with E-state index in [0.29, 0.717) is 30.6 Å². The number of carbonyl (C=O) groups excluding carboxylic acids is 1. The Morgan fingerprint density at radius 2 is 2.08 bits per heavy atom. The highest BCUT2D eigenvalue weighted by atomic mass is 19.1. The summed E-state index contributed by atoms with van der Waals surface area (Å²) < 4.78 is 14.0. The normalized spacial score (nSPS) is 20.5. The molecule has 1 aliphatic rings. The molecule has 1 fully saturated rings. The number of halogens is 1. The molecule has 1 unspecified atom stereocenters. The first-order chi connectivity index (χ1) is 12.0. The van der Waals surface area contributed by atoms with Gasteiger partial charge in [0.05, 0.1) is 12.2 Å². The molecule has 25 heavy (non-hydrogen) atoms. The van der Waals surface area contributed by atoms with E-state index in [2.05, 4.69) is 4.98 Å². The third-order valence-corrected chi connectivity index (χ3v) is 4.84. The Balaban J connectivity index is 1.80. The summed E-state index contributed by atoms with van der Waals surface area (Å²) >= 11 is 0. The quantitative estimate of drug-likeness (QED) is 0.891. The third-order valence-electron chi connectivity index (χ3n) is 4.84. The van der Waals surface area contributed by atoms with E-state index in [1.54, 1.807) is 23.1 Å².